The van der Waals surface area contributed by atoms with Gasteiger partial charge in [-0.05, 0) is 0 Å². The second-order valence-corrected chi connectivity index (χ2v) is 3.29. The molecule has 0 saturated heterocycles. The van der Waals surface area contributed by atoms with Crippen molar-refractivity contribution in [3.63, 3.8) is 0 Å². The summed E-state index contributed by atoms with van der Waals surface area (Å²) >= 11 is 0. The Hall–Kier alpha value is -0.770. The molecule has 1 atom stereocenters. The molecule has 1 aliphatic rings. The maximum Gasteiger partial charge on any atom is 0.304 e. The van der Waals surface area contributed by atoms with Crippen molar-refractivity contribution in [3.8, 4) is 0 Å². The van der Waals surface area contributed by atoms with Gasteiger partial charge in [0.05, 0.1) is 0 Å². The molecule has 1 unspecified atom stereocenters. The summed E-state index contributed by atoms with van der Waals surface area (Å²) in [7, 11) is 0. The van der Waals surface area contributed by atoms with Crippen LogP contribution in [0.1, 0.15) is 20.8 Å². The van der Waals surface area contributed by atoms with Gasteiger partial charge in [-0.25, -0.2) is 0 Å². The third kappa shape index (κ3) is 1.39. The predicted octanol–water partition coefficient (Wildman–Crippen LogP) is 0.242. The predicted molar refractivity (Wildman–Crippen MR) is 37.1 cm³/mol. The van der Waals surface area contributed by atoms with Gasteiger partial charge in [0.1, 0.15) is 0 Å². The molecule has 10 heavy (non-hydrogen) atoms. The van der Waals surface area contributed by atoms with Gasteiger partial charge in [-0.1, -0.05) is 25.9 Å². The molecule has 0 spiro atoms. The minimum Gasteiger partial charge on any atom is -0.340 e. The van der Waals surface area contributed by atoms with Gasteiger partial charge in [-0.15, -0.1) is 0 Å². The lowest BCUT2D eigenvalue weighted by Crippen LogP contribution is -2.36. The maximum atomic E-state index is 8.82. The Morgan fingerprint density at radius 3 is 2.40 bits per heavy atom. The highest BCUT2D eigenvalue weighted by atomic mass is 16.7. The van der Waals surface area contributed by atoms with E-state index in [2.05, 4.69) is 15.3 Å². The third-order valence-electron chi connectivity index (χ3n) is 1.21. The molecule has 0 saturated carbocycles. The first-order valence-corrected chi connectivity index (χ1v) is 3.19. The number of aliphatic hydroxyl groups is 1. The summed E-state index contributed by atoms with van der Waals surface area (Å²) in [6.45, 7) is 5.96. The Balaban J connectivity index is 2.60. The number of nitrogens with one attached hydrogen (secondary N) is 1. The van der Waals surface area contributed by atoms with Crippen LogP contribution in [0.15, 0.2) is 5.16 Å². The number of aliphatic hydroxyl groups excluding tert-OH is 1. The number of hydrogen-bond acceptors (Lipinski definition) is 4. The number of oxime groups is 1. The summed E-state index contributed by atoms with van der Waals surface area (Å²) in [5.41, 5.74) is -0.0858. The van der Waals surface area contributed by atoms with Crippen molar-refractivity contribution in [2.75, 3.05) is 0 Å². The second-order valence-electron chi connectivity index (χ2n) is 3.29. The van der Waals surface area contributed by atoms with Crippen LogP contribution in [0.25, 0.3) is 0 Å². The zero-order valence-corrected chi connectivity index (χ0v) is 6.38. The first-order chi connectivity index (χ1) is 4.50. The minimum atomic E-state index is -0.964. The quantitative estimate of drug-likeness (QED) is 0.512. The van der Waals surface area contributed by atoms with Gasteiger partial charge in [0.2, 0.25) is 0 Å². The fraction of sp³-hybridized carbons (Fsp3) is 0.833. The summed E-state index contributed by atoms with van der Waals surface area (Å²) in [4.78, 5) is 4.52. The minimum absolute atomic E-state index is 0.0858. The van der Waals surface area contributed by atoms with Crippen LogP contribution in [0, 0.1) is 5.41 Å². The number of nitrogens with zero attached hydrogens (tertiary/aromatic N) is 1. The molecule has 1 heterocycles. The molecule has 0 bridgehead atoms. The first-order valence-electron chi connectivity index (χ1n) is 3.19. The van der Waals surface area contributed by atoms with Crippen LogP contribution in [-0.4, -0.2) is 17.4 Å². The highest BCUT2D eigenvalue weighted by Crippen LogP contribution is 2.17. The Kier molecular flexibility index (Phi) is 1.56. The van der Waals surface area contributed by atoms with Crippen molar-refractivity contribution in [1.82, 2.24) is 5.32 Å². The van der Waals surface area contributed by atoms with E-state index in [9.17, 15) is 0 Å². The molecule has 0 radical (unpaired) electrons. The summed E-state index contributed by atoms with van der Waals surface area (Å²) in [6.07, 6.45) is -0.964. The summed E-state index contributed by atoms with van der Waals surface area (Å²) in [5.74, 6) is 0.681. The summed E-state index contributed by atoms with van der Waals surface area (Å²) in [5, 5.41) is 15.1. The molecule has 0 aromatic heterocycles. The normalized spacial score (nSPS) is 25.2. The van der Waals surface area contributed by atoms with E-state index in [1.165, 1.54) is 0 Å². The Bertz CT molecular complexity index is 160. The lowest BCUT2D eigenvalue weighted by Gasteiger charge is -2.16. The van der Waals surface area contributed by atoms with E-state index in [0.717, 1.165) is 0 Å². The monoisotopic (exact) mass is 144 g/mol. The maximum absolute atomic E-state index is 8.82. The van der Waals surface area contributed by atoms with Crippen molar-refractivity contribution < 1.29 is 9.94 Å². The number of rotatable bonds is 0. The lowest BCUT2D eigenvalue weighted by atomic mass is 9.95. The molecular formula is C6H12N2O2. The third-order valence-corrected chi connectivity index (χ3v) is 1.21. The van der Waals surface area contributed by atoms with Gasteiger partial charge < -0.3 is 15.3 Å². The van der Waals surface area contributed by atoms with Gasteiger partial charge in [-0.2, -0.15) is 0 Å². The van der Waals surface area contributed by atoms with Gasteiger partial charge in [0.25, 0.3) is 0 Å². The molecule has 0 aromatic carbocycles. The lowest BCUT2D eigenvalue weighted by molar-refractivity contribution is -0.0896. The highest BCUT2D eigenvalue weighted by Gasteiger charge is 2.26. The molecule has 2 N–H and O–H groups in total. The van der Waals surface area contributed by atoms with Crippen LogP contribution in [0.4, 0.5) is 0 Å². The number of hydrogen-bond donors (Lipinski definition) is 2. The largest absolute Gasteiger partial charge is 0.340 e. The topological polar surface area (TPSA) is 53.9 Å². The molecule has 0 fully saturated rings. The Labute approximate surface area is 59.9 Å². The van der Waals surface area contributed by atoms with Gasteiger partial charge in [-0.3, -0.25) is 0 Å². The van der Waals surface area contributed by atoms with Crippen LogP contribution < -0.4 is 5.32 Å². The average Bonchev–Trinajstić information content (AvgIpc) is 2.11. The SMILES string of the molecule is CC(C)(C)C1=NOC(O)N1. The van der Waals surface area contributed by atoms with E-state index in [-0.39, 0.29) is 5.41 Å². The van der Waals surface area contributed by atoms with Crippen molar-refractivity contribution in [1.29, 1.82) is 0 Å². The van der Waals surface area contributed by atoms with E-state index < -0.39 is 6.41 Å². The fourth-order valence-electron chi connectivity index (χ4n) is 0.626. The van der Waals surface area contributed by atoms with E-state index in [4.69, 9.17) is 5.11 Å². The standard InChI is InChI=1S/C6H12N2O2/c1-6(2,3)4-7-5(9)10-8-4/h5,9H,1-3H3,(H,7,8). The van der Waals surface area contributed by atoms with Crippen LogP contribution in [0.3, 0.4) is 0 Å². The molecule has 0 aliphatic carbocycles. The first kappa shape index (κ1) is 7.34. The van der Waals surface area contributed by atoms with Crippen molar-refractivity contribution in [2.45, 2.75) is 27.2 Å². The molecule has 58 valence electrons. The van der Waals surface area contributed by atoms with Crippen LogP contribution in [0.2, 0.25) is 0 Å². The fourth-order valence-corrected chi connectivity index (χ4v) is 0.626. The second kappa shape index (κ2) is 2.12. The number of amidine groups is 1. The molecule has 4 nitrogen and oxygen atoms in total. The van der Waals surface area contributed by atoms with Crippen molar-refractivity contribution >= 4 is 5.84 Å². The highest BCUT2D eigenvalue weighted by molar-refractivity contribution is 5.87. The molecule has 0 amide bonds. The zero-order chi connectivity index (χ0) is 7.78. The van der Waals surface area contributed by atoms with E-state index >= 15 is 0 Å². The molecule has 4 heteroatoms. The zero-order valence-electron chi connectivity index (χ0n) is 6.38. The van der Waals surface area contributed by atoms with E-state index in [0.29, 0.717) is 5.84 Å². The molecular weight excluding hydrogens is 132 g/mol. The van der Waals surface area contributed by atoms with Gasteiger partial charge >= 0.3 is 6.41 Å². The summed E-state index contributed by atoms with van der Waals surface area (Å²) in [6, 6.07) is 0. The van der Waals surface area contributed by atoms with Crippen LogP contribution in [0.5, 0.6) is 0 Å². The van der Waals surface area contributed by atoms with Crippen LogP contribution >= 0.6 is 0 Å². The Morgan fingerprint density at radius 1 is 1.60 bits per heavy atom. The van der Waals surface area contributed by atoms with E-state index in [1.807, 2.05) is 20.8 Å². The van der Waals surface area contributed by atoms with Crippen LogP contribution in [-0.2, 0) is 4.84 Å². The summed E-state index contributed by atoms with van der Waals surface area (Å²) < 4.78 is 0. The molecule has 1 rings (SSSR count). The molecule has 1 aliphatic heterocycles. The van der Waals surface area contributed by atoms with Gasteiger partial charge in [0.15, 0.2) is 5.84 Å². The van der Waals surface area contributed by atoms with Crippen molar-refractivity contribution in [3.05, 3.63) is 0 Å². The van der Waals surface area contributed by atoms with E-state index in [1.54, 1.807) is 0 Å². The smallest absolute Gasteiger partial charge is 0.304 e. The average molecular weight is 144 g/mol. The molecule has 0 aromatic rings. The van der Waals surface area contributed by atoms with Gasteiger partial charge in [0, 0.05) is 5.41 Å². The van der Waals surface area contributed by atoms with Crippen molar-refractivity contribution in [2.24, 2.45) is 10.6 Å². The Morgan fingerprint density at radius 2 is 2.20 bits per heavy atom.